The van der Waals surface area contributed by atoms with Crippen LogP contribution in [0.25, 0.3) is 0 Å². The maximum atomic E-state index is 12.4. The number of aromatic nitrogens is 1. The molecular formula is C28H45N3O4. The highest BCUT2D eigenvalue weighted by molar-refractivity contribution is 5.77. The molecule has 1 fully saturated rings. The molecule has 0 bridgehead atoms. The number of carbonyl (C=O) groups excluding carboxylic acids is 1. The lowest BCUT2D eigenvalue weighted by atomic mass is 9.73. The molecule has 1 aromatic heterocycles. The number of pyridine rings is 1. The van der Waals surface area contributed by atoms with Crippen molar-refractivity contribution in [1.82, 2.24) is 15.6 Å². The van der Waals surface area contributed by atoms with Crippen molar-refractivity contribution < 1.29 is 19.4 Å². The molecule has 3 N–H and O–H groups in total. The first-order chi connectivity index (χ1) is 16.3. The monoisotopic (exact) mass is 487 g/mol. The third-order valence-corrected chi connectivity index (χ3v) is 6.64. The van der Waals surface area contributed by atoms with E-state index in [0.29, 0.717) is 18.8 Å². The smallest absolute Gasteiger partial charge is 0.246 e. The van der Waals surface area contributed by atoms with Crippen LogP contribution in [0, 0.1) is 5.41 Å². The van der Waals surface area contributed by atoms with Gasteiger partial charge in [0.25, 0.3) is 0 Å². The molecule has 196 valence electrons. The van der Waals surface area contributed by atoms with Crippen molar-refractivity contribution in [2.75, 3.05) is 13.2 Å². The number of nitrogens with zero attached hydrogens (tertiary/aromatic N) is 1. The topological polar surface area (TPSA) is 92.7 Å². The van der Waals surface area contributed by atoms with Crippen LogP contribution in [0.15, 0.2) is 24.9 Å². The second-order valence-corrected chi connectivity index (χ2v) is 12.4. The minimum absolute atomic E-state index is 0.0328. The summed E-state index contributed by atoms with van der Waals surface area (Å²) in [5, 5.41) is 17.5. The van der Waals surface area contributed by atoms with Crippen LogP contribution in [0.4, 0.5) is 0 Å². The van der Waals surface area contributed by atoms with E-state index in [1.807, 2.05) is 27.0 Å². The van der Waals surface area contributed by atoms with Gasteiger partial charge in [0.2, 0.25) is 11.8 Å². The first-order valence-electron chi connectivity index (χ1n) is 12.9. The van der Waals surface area contributed by atoms with E-state index in [2.05, 4.69) is 44.1 Å². The number of hydrogen-bond donors (Lipinski definition) is 3. The van der Waals surface area contributed by atoms with Crippen molar-refractivity contribution in [2.24, 2.45) is 5.41 Å². The number of nitrogens with one attached hydrogen (secondary N) is 2. The van der Waals surface area contributed by atoms with Gasteiger partial charge in [0.05, 0.1) is 17.7 Å². The zero-order chi connectivity index (χ0) is 25.9. The predicted octanol–water partition coefficient (Wildman–Crippen LogP) is 4.24. The lowest BCUT2D eigenvalue weighted by Crippen LogP contribution is -2.52. The van der Waals surface area contributed by atoms with Crippen LogP contribution >= 0.6 is 0 Å². The summed E-state index contributed by atoms with van der Waals surface area (Å²) in [6.07, 6.45) is 8.34. The number of hydrogen-bond acceptors (Lipinski definition) is 6. The highest BCUT2D eigenvalue weighted by Crippen LogP contribution is 2.48. The number of rotatable bonds is 10. The molecule has 1 aliphatic heterocycles. The molecule has 7 heteroatoms. The second kappa shape index (κ2) is 11.0. The Bertz CT molecular complexity index is 883. The van der Waals surface area contributed by atoms with E-state index >= 15 is 0 Å². The van der Waals surface area contributed by atoms with Crippen LogP contribution in [0.3, 0.4) is 0 Å². The van der Waals surface area contributed by atoms with Crippen LogP contribution in [0.1, 0.15) is 90.8 Å². The molecule has 3 rings (SSSR count). The molecule has 3 atom stereocenters. The Morgan fingerprint density at radius 3 is 2.63 bits per heavy atom. The normalized spacial score (nSPS) is 20.8. The largest absolute Gasteiger partial charge is 0.471 e. The number of aliphatic hydroxyl groups excluding tert-OH is 1. The highest BCUT2D eigenvalue weighted by Gasteiger charge is 2.46. The molecule has 35 heavy (non-hydrogen) atoms. The summed E-state index contributed by atoms with van der Waals surface area (Å²) in [4.78, 5) is 17.1. The lowest BCUT2D eigenvalue weighted by molar-refractivity contribution is -0.132. The number of aliphatic hydroxyl groups is 1. The second-order valence-electron chi connectivity index (χ2n) is 12.4. The Morgan fingerprint density at radius 2 is 2.06 bits per heavy atom. The maximum Gasteiger partial charge on any atom is 0.246 e. The molecule has 0 radical (unpaired) electrons. The molecule has 1 amide bonds. The molecule has 2 heterocycles. The van der Waals surface area contributed by atoms with Gasteiger partial charge in [-0.3, -0.25) is 4.79 Å². The van der Waals surface area contributed by atoms with Gasteiger partial charge in [-0.1, -0.05) is 26.8 Å². The third kappa shape index (κ3) is 8.02. The summed E-state index contributed by atoms with van der Waals surface area (Å²) in [6.45, 7) is 16.5. The molecule has 0 unspecified atom stereocenters. The van der Waals surface area contributed by atoms with E-state index in [9.17, 15) is 9.90 Å². The molecule has 7 nitrogen and oxygen atoms in total. The standard InChI is InChI=1S/C28H45N3O4/c1-8-10-21(31-24(33)18-34-27(5,6)7)23(32)17-29-22-15-28(11-9-12-28)35-25-20(22)13-19(16-30-25)14-26(2,3)4/h8,13,16,21-23,29,32H,1,9-12,14-15,17-18H2,2-7H3,(H,31,33)/t21-,22-,23+/m0/s1. The zero-order valence-electron chi connectivity index (χ0n) is 22.4. The van der Waals surface area contributed by atoms with Gasteiger partial charge in [-0.15, -0.1) is 6.58 Å². The number of amides is 1. The van der Waals surface area contributed by atoms with E-state index in [4.69, 9.17) is 14.5 Å². The minimum atomic E-state index is -0.777. The van der Waals surface area contributed by atoms with Gasteiger partial charge in [0, 0.05) is 30.8 Å². The SMILES string of the molecule is C=CC[C@H](NC(=O)COC(C)(C)C)[C@H](O)CN[C@H]1CC2(CCC2)Oc2ncc(CC(C)(C)C)cc21. The Labute approximate surface area is 211 Å². The van der Waals surface area contributed by atoms with Crippen molar-refractivity contribution >= 4 is 5.91 Å². The molecule has 0 saturated heterocycles. The summed E-state index contributed by atoms with van der Waals surface area (Å²) < 4.78 is 11.9. The van der Waals surface area contributed by atoms with Crippen LogP contribution < -0.4 is 15.4 Å². The van der Waals surface area contributed by atoms with Crippen molar-refractivity contribution in [2.45, 2.75) is 109 Å². The highest BCUT2D eigenvalue weighted by atomic mass is 16.5. The fraction of sp³-hybridized carbons (Fsp3) is 0.714. The van der Waals surface area contributed by atoms with Crippen LogP contribution in [0.5, 0.6) is 5.88 Å². The lowest BCUT2D eigenvalue weighted by Gasteiger charge is -2.47. The predicted molar refractivity (Wildman–Crippen MR) is 138 cm³/mol. The number of carbonyl (C=O) groups is 1. The summed E-state index contributed by atoms with van der Waals surface area (Å²) >= 11 is 0. The van der Waals surface area contributed by atoms with E-state index < -0.39 is 17.7 Å². The van der Waals surface area contributed by atoms with Crippen molar-refractivity contribution in [1.29, 1.82) is 0 Å². The zero-order valence-corrected chi connectivity index (χ0v) is 22.4. The average molecular weight is 488 g/mol. The third-order valence-electron chi connectivity index (χ3n) is 6.64. The van der Waals surface area contributed by atoms with E-state index in [1.165, 1.54) is 5.56 Å². The Kier molecular flexibility index (Phi) is 8.66. The van der Waals surface area contributed by atoms with Crippen LogP contribution in [-0.4, -0.2) is 52.5 Å². The van der Waals surface area contributed by atoms with Gasteiger partial charge >= 0.3 is 0 Å². The van der Waals surface area contributed by atoms with E-state index in [1.54, 1.807) is 6.08 Å². The van der Waals surface area contributed by atoms with Crippen LogP contribution in [0.2, 0.25) is 0 Å². The summed E-state index contributed by atoms with van der Waals surface area (Å²) in [6, 6.07) is 1.79. The summed E-state index contributed by atoms with van der Waals surface area (Å²) in [5.74, 6) is 0.461. The summed E-state index contributed by atoms with van der Waals surface area (Å²) in [5.41, 5.74) is 1.84. The molecule has 1 aliphatic carbocycles. The maximum absolute atomic E-state index is 12.4. The molecule has 0 aromatic carbocycles. The van der Waals surface area contributed by atoms with Gasteiger partial charge < -0.3 is 25.2 Å². The van der Waals surface area contributed by atoms with Gasteiger partial charge in [0.1, 0.15) is 12.2 Å². The summed E-state index contributed by atoms with van der Waals surface area (Å²) in [7, 11) is 0. The molecule has 1 saturated carbocycles. The first kappa shape index (κ1) is 27.6. The molecular weight excluding hydrogens is 442 g/mol. The fourth-order valence-corrected chi connectivity index (χ4v) is 4.77. The van der Waals surface area contributed by atoms with Crippen molar-refractivity contribution in [3.8, 4) is 5.88 Å². The Morgan fingerprint density at radius 1 is 1.34 bits per heavy atom. The van der Waals surface area contributed by atoms with Crippen molar-refractivity contribution in [3.63, 3.8) is 0 Å². The first-order valence-corrected chi connectivity index (χ1v) is 12.9. The average Bonchev–Trinajstić information content (AvgIpc) is 2.72. The minimum Gasteiger partial charge on any atom is -0.471 e. The van der Waals surface area contributed by atoms with Crippen molar-refractivity contribution in [3.05, 3.63) is 36.0 Å². The molecule has 1 aromatic rings. The van der Waals surface area contributed by atoms with Crippen LogP contribution in [-0.2, 0) is 16.0 Å². The molecule has 2 aliphatic rings. The quantitative estimate of drug-likeness (QED) is 0.428. The van der Waals surface area contributed by atoms with Gasteiger partial charge in [-0.2, -0.15) is 0 Å². The Balaban J connectivity index is 1.69. The van der Waals surface area contributed by atoms with E-state index in [0.717, 1.165) is 37.7 Å². The number of ether oxygens (including phenoxy) is 2. The molecule has 1 spiro atoms. The van der Waals surface area contributed by atoms with Gasteiger partial charge in [0.15, 0.2) is 0 Å². The van der Waals surface area contributed by atoms with E-state index in [-0.39, 0.29) is 29.6 Å². The number of fused-ring (bicyclic) bond motifs is 1. The van der Waals surface area contributed by atoms with Gasteiger partial charge in [-0.05, 0) is 69.9 Å². The Hall–Kier alpha value is -1.96. The van der Waals surface area contributed by atoms with Gasteiger partial charge in [-0.25, -0.2) is 4.98 Å². The fourth-order valence-electron chi connectivity index (χ4n) is 4.77.